The number of aryl methyl sites for hydroxylation is 1. The predicted molar refractivity (Wildman–Crippen MR) is 88.5 cm³/mol. The number of rotatable bonds is 4. The largest absolute Gasteiger partial charge is 0.316 e. The SMILES string of the molecule is Cc1ccc(C(N)C(=O)Nc2cc(CC(C)(C)C)[nH]n2)cc1. The minimum absolute atomic E-state index is 0.159. The number of aromatic amines is 1. The summed E-state index contributed by atoms with van der Waals surface area (Å²) >= 11 is 0. The summed E-state index contributed by atoms with van der Waals surface area (Å²) in [7, 11) is 0. The summed E-state index contributed by atoms with van der Waals surface area (Å²) in [6, 6.07) is 8.77. The first kappa shape index (κ1) is 16.2. The van der Waals surface area contributed by atoms with Gasteiger partial charge in [0, 0.05) is 11.8 Å². The van der Waals surface area contributed by atoms with Crippen LogP contribution in [0.1, 0.15) is 43.6 Å². The zero-order valence-electron chi connectivity index (χ0n) is 13.6. The van der Waals surface area contributed by atoms with Gasteiger partial charge < -0.3 is 11.1 Å². The Hall–Kier alpha value is -2.14. The second-order valence-corrected chi connectivity index (χ2v) is 6.89. The van der Waals surface area contributed by atoms with Gasteiger partial charge in [0.15, 0.2) is 5.82 Å². The summed E-state index contributed by atoms with van der Waals surface area (Å²) in [6.07, 6.45) is 0.861. The highest BCUT2D eigenvalue weighted by Crippen LogP contribution is 2.21. The van der Waals surface area contributed by atoms with Gasteiger partial charge in [-0.05, 0) is 24.3 Å². The molecule has 0 bridgehead atoms. The fraction of sp³-hybridized carbons (Fsp3) is 0.412. The monoisotopic (exact) mass is 300 g/mol. The smallest absolute Gasteiger partial charge is 0.247 e. The van der Waals surface area contributed by atoms with Crippen LogP contribution in [0, 0.1) is 12.3 Å². The van der Waals surface area contributed by atoms with E-state index in [9.17, 15) is 4.79 Å². The summed E-state index contributed by atoms with van der Waals surface area (Å²) < 4.78 is 0. The number of nitrogens with two attached hydrogens (primary N) is 1. The van der Waals surface area contributed by atoms with Crippen molar-refractivity contribution in [3.05, 3.63) is 47.2 Å². The third-order valence-corrected chi connectivity index (χ3v) is 3.32. The van der Waals surface area contributed by atoms with Crippen LogP contribution in [0.25, 0.3) is 0 Å². The topological polar surface area (TPSA) is 83.8 Å². The van der Waals surface area contributed by atoms with E-state index in [0.717, 1.165) is 23.2 Å². The van der Waals surface area contributed by atoms with Gasteiger partial charge in [0.2, 0.25) is 5.91 Å². The van der Waals surface area contributed by atoms with Crippen LogP contribution in [0.3, 0.4) is 0 Å². The highest BCUT2D eigenvalue weighted by Gasteiger charge is 2.18. The lowest BCUT2D eigenvalue weighted by molar-refractivity contribution is -0.117. The van der Waals surface area contributed by atoms with Crippen molar-refractivity contribution in [1.82, 2.24) is 10.2 Å². The number of hydrogen-bond donors (Lipinski definition) is 3. The standard InChI is InChI=1S/C17H24N4O/c1-11-5-7-12(8-6-11)15(18)16(22)19-14-9-13(20-21-14)10-17(2,3)4/h5-9,15H,10,18H2,1-4H3,(H2,19,20,21,22). The number of aromatic nitrogens is 2. The molecular formula is C17H24N4O. The Morgan fingerprint density at radius 2 is 1.95 bits per heavy atom. The summed E-state index contributed by atoms with van der Waals surface area (Å²) in [5, 5.41) is 9.82. The van der Waals surface area contributed by atoms with Crippen molar-refractivity contribution < 1.29 is 4.79 Å². The maximum absolute atomic E-state index is 12.2. The molecule has 1 unspecified atom stereocenters. The van der Waals surface area contributed by atoms with Crippen molar-refractivity contribution in [3.8, 4) is 0 Å². The minimum Gasteiger partial charge on any atom is -0.316 e. The number of nitrogens with one attached hydrogen (secondary N) is 2. The van der Waals surface area contributed by atoms with Crippen molar-refractivity contribution >= 4 is 11.7 Å². The number of hydrogen-bond acceptors (Lipinski definition) is 3. The van der Waals surface area contributed by atoms with Crippen molar-refractivity contribution in [3.63, 3.8) is 0 Å². The molecule has 4 N–H and O–H groups in total. The Bertz CT molecular complexity index is 637. The van der Waals surface area contributed by atoms with Crippen LogP contribution in [0.2, 0.25) is 0 Å². The molecule has 1 amide bonds. The summed E-state index contributed by atoms with van der Waals surface area (Å²) in [5.41, 5.74) is 9.07. The molecule has 0 fully saturated rings. The molecule has 0 radical (unpaired) electrons. The average Bonchev–Trinajstić information content (AvgIpc) is 2.83. The van der Waals surface area contributed by atoms with E-state index in [4.69, 9.17) is 5.73 Å². The van der Waals surface area contributed by atoms with Crippen LogP contribution in [-0.2, 0) is 11.2 Å². The Balaban J connectivity index is 2.01. The molecule has 0 saturated carbocycles. The Morgan fingerprint density at radius 1 is 1.32 bits per heavy atom. The molecule has 2 rings (SSSR count). The van der Waals surface area contributed by atoms with Crippen LogP contribution in [-0.4, -0.2) is 16.1 Å². The van der Waals surface area contributed by atoms with E-state index in [1.54, 1.807) is 0 Å². The highest BCUT2D eigenvalue weighted by atomic mass is 16.2. The number of H-pyrrole nitrogens is 1. The first-order valence-corrected chi connectivity index (χ1v) is 7.42. The molecule has 2 aromatic rings. The van der Waals surface area contributed by atoms with Crippen molar-refractivity contribution in [1.29, 1.82) is 0 Å². The Morgan fingerprint density at radius 3 is 2.55 bits per heavy atom. The maximum atomic E-state index is 12.2. The number of amides is 1. The molecule has 0 aliphatic heterocycles. The van der Waals surface area contributed by atoms with Gasteiger partial charge in [-0.3, -0.25) is 9.89 Å². The summed E-state index contributed by atoms with van der Waals surface area (Å²) in [6.45, 7) is 8.45. The quantitative estimate of drug-likeness (QED) is 0.811. The van der Waals surface area contributed by atoms with Gasteiger partial charge in [-0.2, -0.15) is 5.10 Å². The van der Waals surface area contributed by atoms with E-state index >= 15 is 0 Å². The van der Waals surface area contributed by atoms with Gasteiger partial charge in [0.1, 0.15) is 6.04 Å². The lowest BCUT2D eigenvalue weighted by Crippen LogP contribution is -2.27. The van der Waals surface area contributed by atoms with Gasteiger partial charge in [0.05, 0.1) is 0 Å². The molecule has 5 nitrogen and oxygen atoms in total. The first-order valence-electron chi connectivity index (χ1n) is 7.42. The molecule has 0 saturated heterocycles. The molecule has 1 aromatic heterocycles. The lowest BCUT2D eigenvalue weighted by atomic mass is 9.91. The molecule has 1 aromatic carbocycles. The second kappa shape index (κ2) is 6.32. The third-order valence-electron chi connectivity index (χ3n) is 3.32. The fourth-order valence-corrected chi connectivity index (χ4v) is 2.22. The van der Waals surface area contributed by atoms with Gasteiger partial charge >= 0.3 is 0 Å². The number of anilines is 1. The molecule has 1 atom stereocenters. The first-order chi connectivity index (χ1) is 10.2. The third kappa shape index (κ3) is 4.43. The summed E-state index contributed by atoms with van der Waals surface area (Å²) in [4.78, 5) is 12.2. The van der Waals surface area contributed by atoms with Crippen LogP contribution in [0.5, 0.6) is 0 Å². The average molecular weight is 300 g/mol. The van der Waals surface area contributed by atoms with E-state index in [2.05, 4.69) is 36.3 Å². The number of carbonyl (C=O) groups is 1. The summed E-state index contributed by atoms with van der Waals surface area (Å²) in [5.74, 6) is 0.240. The van der Waals surface area contributed by atoms with Crippen molar-refractivity contribution in [2.75, 3.05) is 5.32 Å². The van der Waals surface area contributed by atoms with E-state index in [0.29, 0.717) is 5.82 Å². The molecule has 0 aliphatic carbocycles. The normalized spacial score (nSPS) is 13.0. The second-order valence-electron chi connectivity index (χ2n) is 6.89. The van der Waals surface area contributed by atoms with E-state index in [1.807, 2.05) is 37.3 Å². The predicted octanol–water partition coefficient (Wildman–Crippen LogP) is 2.95. The molecule has 0 spiro atoms. The molecule has 0 aliphatic rings. The van der Waals surface area contributed by atoms with E-state index in [1.165, 1.54) is 0 Å². The Labute approximate surface area is 131 Å². The minimum atomic E-state index is -0.705. The molecule has 5 heteroatoms. The van der Waals surface area contributed by atoms with Crippen molar-refractivity contribution in [2.24, 2.45) is 11.1 Å². The van der Waals surface area contributed by atoms with Gasteiger partial charge in [-0.1, -0.05) is 50.6 Å². The van der Waals surface area contributed by atoms with Crippen LogP contribution in [0.15, 0.2) is 30.3 Å². The Kier molecular flexibility index (Phi) is 4.66. The number of nitrogens with zero attached hydrogens (tertiary/aromatic N) is 1. The molecule has 22 heavy (non-hydrogen) atoms. The molecule has 1 heterocycles. The number of benzene rings is 1. The van der Waals surface area contributed by atoms with E-state index < -0.39 is 6.04 Å². The highest BCUT2D eigenvalue weighted by molar-refractivity contribution is 5.94. The molecule has 118 valence electrons. The van der Waals surface area contributed by atoms with Crippen LogP contribution in [0.4, 0.5) is 5.82 Å². The van der Waals surface area contributed by atoms with Gasteiger partial charge in [0.25, 0.3) is 0 Å². The van der Waals surface area contributed by atoms with Gasteiger partial charge in [-0.15, -0.1) is 0 Å². The van der Waals surface area contributed by atoms with E-state index in [-0.39, 0.29) is 11.3 Å². The van der Waals surface area contributed by atoms with Gasteiger partial charge in [-0.25, -0.2) is 0 Å². The zero-order chi connectivity index (χ0) is 16.3. The van der Waals surface area contributed by atoms with Crippen LogP contribution >= 0.6 is 0 Å². The zero-order valence-corrected chi connectivity index (χ0v) is 13.6. The molecular weight excluding hydrogens is 276 g/mol. The van der Waals surface area contributed by atoms with Crippen molar-refractivity contribution in [2.45, 2.75) is 40.2 Å². The fourth-order valence-electron chi connectivity index (χ4n) is 2.22. The maximum Gasteiger partial charge on any atom is 0.247 e. The van der Waals surface area contributed by atoms with Crippen LogP contribution < -0.4 is 11.1 Å². The number of carbonyl (C=O) groups excluding carboxylic acids is 1. The lowest BCUT2D eigenvalue weighted by Gasteiger charge is -2.15.